The molecule has 1 aliphatic carbocycles. The Morgan fingerprint density at radius 1 is 1.46 bits per heavy atom. The number of ether oxygens (including phenoxy) is 2. The highest BCUT2D eigenvalue weighted by molar-refractivity contribution is 6.26. The van der Waals surface area contributed by atoms with Crippen molar-refractivity contribution in [1.29, 1.82) is 0 Å². The number of halogens is 1. The molecule has 2 unspecified atom stereocenters. The molecule has 0 saturated carbocycles. The van der Waals surface area contributed by atoms with Crippen molar-refractivity contribution in [2.24, 2.45) is 16.5 Å². The molecule has 2 atom stereocenters. The molecule has 0 fully saturated rings. The van der Waals surface area contributed by atoms with Gasteiger partial charge >= 0.3 is 0 Å². The highest BCUT2D eigenvalue weighted by Crippen LogP contribution is 2.43. The lowest BCUT2D eigenvalue weighted by atomic mass is 9.84. The number of primary amides is 1. The molecule has 3 rings (SSSR count). The molecular formula is C19H22ClN3O3. The topological polar surface area (TPSA) is 99.9 Å². The van der Waals surface area contributed by atoms with Crippen molar-refractivity contribution < 1.29 is 14.3 Å². The number of amides is 1. The zero-order valence-electron chi connectivity index (χ0n) is 14.6. The van der Waals surface area contributed by atoms with Gasteiger partial charge in [-0.15, -0.1) is 11.6 Å². The third-order valence-corrected chi connectivity index (χ3v) is 5.15. The Labute approximate surface area is 157 Å². The molecule has 1 heterocycles. The zero-order valence-corrected chi connectivity index (χ0v) is 15.3. The molecule has 1 amide bonds. The van der Waals surface area contributed by atoms with Gasteiger partial charge in [0.2, 0.25) is 0 Å². The number of aliphatic imine (C=N–C) groups is 1. The Hall–Kier alpha value is -2.47. The van der Waals surface area contributed by atoms with E-state index in [1.165, 1.54) is 7.11 Å². The van der Waals surface area contributed by atoms with Crippen LogP contribution in [0.1, 0.15) is 24.0 Å². The van der Waals surface area contributed by atoms with Crippen LogP contribution in [-0.4, -0.2) is 31.7 Å². The summed E-state index contributed by atoms with van der Waals surface area (Å²) in [4.78, 5) is 15.0. The number of hydrogen-bond donors (Lipinski definition) is 2. The molecule has 1 aromatic carbocycles. The van der Waals surface area contributed by atoms with E-state index in [2.05, 4.69) is 11.1 Å². The smallest absolute Gasteiger partial charge is 0.282 e. The van der Waals surface area contributed by atoms with E-state index in [0.717, 1.165) is 24.0 Å². The van der Waals surface area contributed by atoms with Crippen molar-refractivity contribution in [2.45, 2.75) is 30.2 Å². The highest BCUT2D eigenvalue weighted by atomic mass is 35.5. The number of amidine groups is 1. The van der Waals surface area contributed by atoms with Crippen LogP contribution in [0.5, 0.6) is 0 Å². The van der Waals surface area contributed by atoms with Gasteiger partial charge in [-0.05, 0) is 30.0 Å². The second-order valence-corrected chi connectivity index (χ2v) is 7.08. The first-order valence-electron chi connectivity index (χ1n) is 8.42. The number of alkyl halides is 1. The molecule has 0 radical (unpaired) electrons. The lowest BCUT2D eigenvalue weighted by Gasteiger charge is -2.30. The van der Waals surface area contributed by atoms with Crippen molar-refractivity contribution in [3.63, 3.8) is 0 Å². The number of nitrogens with zero attached hydrogens (tertiary/aromatic N) is 1. The Kier molecular flexibility index (Phi) is 5.23. The van der Waals surface area contributed by atoms with E-state index in [0.29, 0.717) is 24.4 Å². The van der Waals surface area contributed by atoms with E-state index >= 15 is 0 Å². The first-order chi connectivity index (χ1) is 12.4. The van der Waals surface area contributed by atoms with Gasteiger partial charge in [-0.3, -0.25) is 4.79 Å². The third kappa shape index (κ3) is 3.70. The number of benzene rings is 1. The molecule has 6 nitrogen and oxygen atoms in total. The Balaban J connectivity index is 1.83. The Bertz CT molecular complexity index is 803. The molecule has 0 spiro atoms. The quantitative estimate of drug-likeness (QED) is 0.743. The van der Waals surface area contributed by atoms with Crippen LogP contribution in [0.15, 0.2) is 52.7 Å². The summed E-state index contributed by atoms with van der Waals surface area (Å²) in [5.41, 5.74) is 13.4. The van der Waals surface area contributed by atoms with E-state index in [-0.39, 0.29) is 12.1 Å². The normalized spacial score (nSPS) is 25.0. The van der Waals surface area contributed by atoms with Crippen molar-refractivity contribution in [2.75, 3.05) is 13.7 Å². The molecule has 1 aliphatic heterocycles. The van der Waals surface area contributed by atoms with Crippen LogP contribution in [0.2, 0.25) is 0 Å². The first-order valence-corrected chi connectivity index (χ1v) is 8.80. The second kappa shape index (κ2) is 7.41. The number of nitrogens with two attached hydrogens (primary N) is 2. The van der Waals surface area contributed by atoms with E-state index in [1.54, 1.807) is 6.08 Å². The highest BCUT2D eigenvalue weighted by Gasteiger charge is 2.35. The first kappa shape index (κ1) is 18.3. The summed E-state index contributed by atoms with van der Waals surface area (Å²) in [5.74, 6) is -0.0341. The van der Waals surface area contributed by atoms with E-state index in [9.17, 15) is 4.79 Å². The van der Waals surface area contributed by atoms with Crippen LogP contribution in [0.25, 0.3) is 0 Å². The maximum atomic E-state index is 11.6. The fourth-order valence-corrected chi connectivity index (χ4v) is 3.70. The van der Waals surface area contributed by atoms with Crippen molar-refractivity contribution in [3.05, 3.63) is 58.9 Å². The molecule has 26 heavy (non-hydrogen) atoms. The lowest BCUT2D eigenvalue weighted by Crippen LogP contribution is -2.26. The van der Waals surface area contributed by atoms with E-state index in [4.69, 9.17) is 32.5 Å². The molecule has 2 aliphatic rings. The summed E-state index contributed by atoms with van der Waals surface area (Å²) in [5, 5.41) is 0. The van der Waals surface area contributed by atoms with Gasteiger partial charge < -0.3 is 20.9 Å². The predicted octanol–water partition coefficient (Wildman–Crippen LogP) is 2.11. The van der Waals surface area contributed by atoms with Crippen molar-refractivity contribution >= 4 is 23.5 Å². The molecule has 0 saturated heterocycles. The van der Waals surface area contributed by atoms with Gasteiger partial charge in [0, 0.05) is 6.42 Å². The number of allylic oxidation sites excluding steroid dienone is 2. The number of aryl methyl sites for hydroxylation is 1. The minimum Gasteiger partial charge on any atom is -0.500 e. The SMILES string of the molecule is COC1=C(C(N)=O)C=CC(Cl)(c2ccccc2CCC2COC(N)=N2)C1. The van der Waals surface area contributed by atoms with Gasteiger partial charge in [-0.1, -0.05) is 30.3 Å². The van der Waals surface area contributed by atoms with Crippen LogP contribution in [0.4, 0.5) is 0 Å². The Morgan fingerprint density at radius 2 is 2.23 bits per heavy atom. The molecule has 7 heteroatoms. The fraction of sp³-hybridized carbons (Fsp3) is 0.368. The van der Waals surface area contributed by atoms with E-state index in [1.807, 2.05) is 24.3 Å². The molecule has 0 bridgehead atoms. The Morgan fingerprint density at radius 3 is 2.88 bits per heavy atom. The minimum absolute atomic E-state index is 0.0622. The summed E-state index contributed by atoms with van der Waals surface area (Å²) in [6.07, 6.45) is 5.41. The molecule has 138 valence electrons. The van der Waals surface area contributed by atoms with Gasteiger partial charge in [0.15, 0.2) is 0 Å². The number of carbonyl (C=O) groups is 1. The van der Waals surface area contributed by atoms with Crippen molar-refractivity contribution in [3.8, 4) is 0 Å². The number of hydrogen-bond acceptors (Lipinski definition) is 5. The maximum Gasteiger partial charge on any atom is 0.282 e. The minimum atomic E-state index is -0.796. The largest absolute Gasteiger partial charge is 0.500 e. The van der Waals surface area contributed by atoms with Gasteiger partial charge in [-0.25, -0.2) is 4.99 Å². The van der Waals surface area contributed by atoms with Crippen LogP contribution < -0.4 is 11.5 Å². The monoisotopic (exact) mass is 375 g/mol. The predicted molar refractivity (Wildman–Crippen MR) is 101 cm³/mol. The van der Waals surface area contributed by atoms with Crippen LogP contribution >= 0.6 is 11.6 Å². The zero-order chi connectivity index (χ0) is 18.7. The van der Waals surface area contributed by atoms with E-state index < -0.39 is 10.8 Å². The third-order valence-electron chi connectivity index (χ3n) is 4.69. The second-order valence-electron chi connectivity index (χ2n) is 6.41. The van der Waals surface area contributed by atoms with Crippen LogP contribution in [-0.2, 0) is 25.6 Å². The summed E-state index contributed by atoms with van der Waals surface area (Å²) in [6.45, 7) is 0.512. The number of rotatable bonds is 6. The summed E-state index contributed by atoms with van der Waals surface area (Å²) >= 11 is 6.94. The molecule has 0 aromatic heterocycles. The van der Waals surface area contributed by atoms with Crippen LogP contribution in [0, 0.1) is 0 Å². The van der Waals surface area contributed by atoms with Gasteiger partial charge in [0.05, 0.1) is 23.6 Å². The summed E-state index contributed by atoms with van der Waals surface area (Å²) in [6, 6.07) is 8.30. The fourth-order valence-electron chi connectivity index (χ4n) is 3.33. The summed E-state index contributed by atoms with van der Waals surface area (Å²) < 4.78 is 10.6. The summed E-state index contributed by atoms with van der Waals surface area (Å²) in [7, 11) is 1.52. The van der Waals surface area contributed by atoms with Gasteiger partial charge in [0.1, 0.15) is 12.4 Å². The molecule has 1 aromatic rings. The number of carbonyl (C=O) groups excluding carboxylic acids is 1. The van der Waals surface area contributed by atoms with Gasteiger partial charge in [0.25, 0.3) is 11.9 Å². The van der Waals surface area contributed by atoms with Crippen molar-refractivity contribution in [1.82, 2.24) is 0 Å². The standard InChI is InChI=1S/C19H22ClN3O3/c1-25-16-10-19(20,9-8-14(16)17(21)24)15-5-3-2-4-12(15)6-7-13-11-26-18(22)23-13/h2-5,8-9,13H,6-7,10-11H2,1H3,(H2,21,24)(H2,22,23). The van der Waals surface area contributed by atoms with Gasteiger partial charge in [-0.2, -0.15) is 0 Å². The maximum absolute atomic E-state index is 11.6. The number of methoxy groups -OCH3 is 1. The lowest BCUT2D eigenvalue weighted by molar-refractivity contribution is -0.114. The molecular weight excluding hydrogens is 354 g/mol. The average Bonchev–Trinajstić information content (AvgIpc) is 3.05. The average molecular weight is 376 g/mol. The molecule has 4 N–H and O–H groups in total. The van der Waals surface area contributed by atoms with Crippen LogP contribution in [0.3, 0.4) is 0 Å².